The van der Waals surface area contributed by atoms with Crippen LogP contribution < -0.4 is 4.74 Å². The first kappa shape index (κ1) is 15.7. The standard InChI is InChI=1S/C14H18BrNO3S/c1-19-13-3-2-11(15)6-10(13)8-16-4-5-20-9-12(16)7-14(17)18/h2-3,6,12H,4-5,7-9H2,1H3,(H,17,18). The first-order valence-corrected chi connectivity index (χ1v) is 8.41. The van der Waals surface area contributed by atoms with Gasteiger partial charge in [0.05, 0.1) is 13.5 Å². The average Bonchev–Trinajstić information content (AvgIpc) is 2.41. The molecular formula is C14H18BrNO3S. The molecule has 4 nitrogen and oxygen atoms in total. The zero-order valence-electron chi connectivity index (χ0n) is 11.3. The Kier molecular flexibility index (Phi) is 5.74. The summed E-state index contributed by atoms with van der Waals surface area (Å²) in [5.41, 5.74) is 1.09. The number of hydrogen-bond acceptors (Lipinski definition) is 4. The lowest BCUT2D eigenvalue weighted by atomic mass is 10.1. The van der Waals surface area contributed by atoms with Gasteiger partial charge in [-0.25, -0.2) is 0 Å². The van der Waals surface area contributed by atoms with Crippen molar-refractivity contribution in [3.05, 3.63) is 28.2 Å². The summed E-state index contributed by atoms with van der Waals surface area (Å²) in [4.78, 5) is 13.2. The van der Waals surface area contributed by atoms with E-state index in [0.717, 1.165) is 40.4 Å². The van der Waals surface area contributed by atoms with Gasteiger partial charge in [0, 0.05) is 40.7 Å². The van der Waals surface area contributed by atoms with Crippen LogP contribution in [0.2, 0.25) is 0 Å². The summed E-state index contributed by atoms with van der Waals surface area (Å²) in [7, 11) is 1.66. The molecule has 0 bridgehead atoms. The molecule has 1 aliphatic heterocycles. The second kappa shape index (κ2) is 7.33. The maximum absolute atomic E-state index is 11.0. The second-order valence-electron chi connectivity index (χ2n) is 4.75. The van der Waals surface area contributed by atoms with E-state index in [0.29, 0.717) is 0 Å². The van der Waals surface area contributed by atoms with Crippen LogP contribution in [-0.2, 0) is 11.3 Å². The third-order valence-electron chi connectivity index (χ3n) is 3.38. The minimum absolute atomic E-state index is 0.0925. The number of halogens is 1. The van der Waals surface area contributed by atoms with Gasteiger partial charge in [-0.15, -0.1) is 0 Å². The van der Waals surface area contributed by atoms with Crippen molar-refractivity contribution >= 4 is 33.7 Å². The third-order valence-corrected chi connectivity index (χ3v) is 4.96. The summed E-state index contributed by atoms with van der Waals surface area (Å²) >= 11 is 5.30. The fraction of sp³-hybridized carbons (Fsp3) is 0.500. The molecule has 1 aliphatic rings. The van der Waals surface area contributed by atoms with Gasteiger partial charge in [-0.2, -0.15) is 11.8 Å². The molecule has 1 aromatic rings. The van der Waals surface area contributed by atoms with Crippen molar-refractivity contribution in [2.45, 2.75) is 19.0 Å². The fourth-order valence-electron chi connectivity index (χ4n) is 2.38. The number of carboxylic acid groups (broad SMARTS) is 1. The Balaban J connectivity index is 2.13. The molecule has 0 aliphatic carbocycles. The normalized spacial score (nSPS) is 19.8. The predicted molar refractivity (Wildman–Crippen MR) is 84.5 cm³/mol. The number of carbonyl (C=O) groups is 1. The van der Waals surface area contributed by atoms with Gasteiger partial charge in [0.15, 0.2) is 0 Å². The number of hydrogen-bond donors (Lipinski definition) is 1. The zero-order chi connectivity index (χ0) is 14.5. The molecule has 1 unspecified atom stereocenters. The second-order valence-corrected chi connectivity index (χ2v) is 6.82. The Morgan fingerprint density at radius 1 is 1.60 bits per heavy atom. The number of rotatable bonds is 5. The van der Waals surface area contributed by atoms with E-state index in [1.807, 2.05) is 30.0 Å². The molecular weight excluding hydrogens is 342 g/mol. The van der Waals surface area contributed by atoms with Crippen molar-refractivity contribution in [3.63, 3.8) is 0 Å². The van der Waals surface area contributed by atoms with E-state index in [4.69, 9.17) is 9.84 Å². The number of thioether (sulfide) groups is 1. The lowest BCUT2D eigenvalue weighted by Gasteiger charge is -2.34. The summed E-state index contributed by atoms with van der Waals surface area (Å²) in [5.74, 6) is 2.04. The maximum atomic E-state index is 11.0. The molecule has 1 fully saturated rings. The molecule has 0 amide bonds. The molecule has 0 saturated carbocycles. The van der Waals surface area contributed by atoms with Crippen molar-refractivity contribution in [1.82, 2.24) is 4.90 Å². The lowest BCUT2D eigenvalue weighted by molar-refractivity contribution is -0.138. The highest BCUT2D eigenvalue weighted by Crippen LogP contribution is 2.27. The SMILES string of the molecule is COc1ccc(Br)cc1CN1CCSCC1CC(=O)O. The highest BCUT2D eigenvalue weighted by Gasteiger charge is 2.25. The van der Waals surface area contributed by atoms with E-state index < -0.39 is 5.97 Å². The average molecular weight is 360 g/mol. The molecule has 0 radical (unpaired) electrons. The number of methoxy groups -OCH3 is 1. The van der Waals surface area contributed by atoms with Crippen molar-refractivity contribution in [2.75, 3.05) is 25.2 Å². The first-order valence-electron chi connectivity index (χ1n) is 6.46. The molecule has 2 rings (SSSR count). The van der Waals surface area contributed by atoms with Crippen molar-refractivity contribution < 1.29 is 14.6 Å². The molecule has 110 valence electrons. The van der Waals surface area contributed by atoms with Crippen LogP contribution in [0.25, 0.3) is 0 Å². The van der Waals surface area contributed by atoms with Gasteiger partial charge in [-0.3, -0.25) is 9.69 Å². The molecule has 0 spiro atoms. The smallest absolute Gasteiger partial charge is 0.304 e. The van der Waals surface area contributed by atoms with Gasteiger partial charge in [0.25, 0.3) is 0 Å². The predicted octanol–water partition coefficient (Wildman–Crippen LogP) is 2.85. The molecule has 20 heavy (non-hydrogen) atoms. The number of nitrogens with zero attached hydrogens (tertiary/aromatic N) is 1. The molecule has 1 N–H and O–H groups in total. The Morgan fingerprint density at radius 2 is 2.40 bits per heavy atom. The van der Waals surface area contributed by atoms with Crippen molar-refractivity contribution in [3.8, 4) is 5.75 Å². The zero-order valence-corrected chi connectivity index (χ0v) is 13.7. The largest absolute Gasteiger partial charge is 0.496 e. The van der Waals surface area contributed by atoms with E-state index in [9.17, 15) is 4.79 Å². The number of benzene rings is 1. The third kappa shape index (κ3) is 4.14. The molecule has 6 heteroatoms. The van der Waals surface area contributed by atoms with Gasteiger partial charge >= 0.3 is 5.97 Å². The number of carboxylic acids is 1. The van der Waals surface area contributed by atoms with Crippen LogP contribution in [0.1, 0.15) is 12.0 Å². The van der Waals surface area contributed by atoms with Crippen molar-refractivity contribution in [1.29, 1.82) is 0 Å². The van der Waals surface area contributed by atoms with Crippen molar-refractivity contribution in [2.24, 2.45) is 0 Å². The van der Waals surface area contributed by atoms with Gasteiger partial charge in [0.1, 0.15) is 5.75 Å². The maximum Gasteiger partial charge on any atom is 0.304 e. The van der Waals surface area contributed by atoms with Gasteiger partial charge in [-0.1, -0.05) is 15.9 Å². The van der Waals surface area contributed by atoms with E-state index >= 15 is 0 Å². The van der Waals surface area contributed by atoms with Crippen LogP contribution in [0.5, 0.6) is 5.75 Å². The van der Waals surface area contributed by atoms with Crippen LogP contribution in [-0.4, -0.2) is 47.2 Å². The summed E-state index contributed by atoms with van der Waals surface area (Å²) in [6.07, 6.45) is 0.198. The molecule has 1 atom stereocenters. The summed E-state index contributed by atoms with van der Waals surface area (Å²) in [6.45, 7) is 1.64. The van der Waals surface area contributed by atoms with Crippen LogP contribution >= 0.6 is 27.7 Å². The Hall–Kier alpha value is -0.720. The van der Waals surface area contributed by atoms with Crippen LogP contribution in [0.4, 0.5) is 0 Å². The number of ether oxygens (including phenoxy) is 1. The summed E-state index contributed by atoms with van der Waals surface area (Å²) in [6, 6.07) is 6.02. The van der Waals surface area contributed by atoms with E-state index in [2.05, 4.69) is 20.8 Å². The molecule has 1 aromatic carbocycles. The van der Waals surface area contributed by atoms with E-state index in [1.165, 1.54) is 0 Å². The molecule has 1 heterocycles. The van der Waals surface area contributed by atoms with Crippen LogP contribution in [0.15, 0.2) is 22.7 Å². The number of aliphatic carboxylic acids is 1. The molecule has 0 aromatic heterocycles. The van der Waals surface area contributed by atoms with Gasteiger partial charge in [0.2, 0.25) is 0 Å². The summed E-state index contributed by atoms with van der Waals surface area (Å²) < 4.78 is 6.40. The minimum Gasteiger partial charge on any atom is -0.496 e. The Morgan fingerprint density at radius 3 is 3.10 bits per heavy atom. The highest BCUT2D eigenvalue weighted by atomic mass is 79.9. The van der Waals surface area contributed by atoms with E-state index in [1.54, 1.807) is 7.11 Å². The minimum atomic E-state index is -0.733. The van der Waals surface area contributed by atoms with Crippen LogP contribution in [0.3, 0.4) is 0 Å². The van der Waals surface area contributed by atoms with Crippen LogP contribution in [0, 0.1) is 0 Å². The molecule has 1 saturated heterocycles. The Labute approximate surface area is 131 Å². The van der Waals surface area contributed by atoms with Gasteiger partial charge < -0.3 is 9.84 Å². The first-order chi connectivity index (χ1) is 9.60. The summed E-state index contributed by atoms with van der Waals surface area (Å²) in [5, 5.41) is 9.03. The highest BCUT2D eigenvalue weighted by molar-refractivity contribution is 9.10. The quantitative estimate of drug-likeness (QED) is 0.875. The lowest BCUT2D eigenvalue weighted by Crippen LogP contribution is -2.43. The Bertz CT molecular complexity index is 483. The monoisotopic (exact) mass is 359 g/mol. The van der Waals surface area contributed by atoms with E-state index in [-0.39, 0.29) is 12.5 Å². The fourth-order valence-corrected chi connectivity index (χ4v) is 3.92. The topological polar surface area (TPSA) is 49.8 Å². The van der Waals surface area contributed by atoms with Gasteiger partial charge in [-0.05, 0) is 18.2 Å².